The number of hydrogen-bond acceptors (Lipinski definition) is 5. The maximum Gasteiger partial charge on any atom is 0.255 e. The van der Waals surface area contributed by atoms with Crippen LogP contribution in [-0.2, 0) is 11.2 Å². The number of carbonyl (C=O) groups is 1. The number of benzene rings is 1. The molecular formula is C19H20N2O4. The van der Waals surface area contributed by atoms with E-state index < -0.39 is 0 Å². The molecule has 25 heavy (non-hydrogen) atoms. The van der Waals surface area contributed by atoms with E-state index in [1.807, 2.05) is 24.3 Å². The Hall–Kier alpha value is -2.60. The van der Waals surface area contributed by atoms with Gasteiger partial charge in [-0.05, 0) is 36.2 Å². The van der Waals surface area contributed by atoms with Gasteiger partial charge in [0.25, 0.3) is 5.91 Å². The summed E-state index contributed by atoms with van der Waals surface area (Å²) in [5.41, 5.74) is 1.70. The summed E-state index contributed by atoms with van der Waals surface area (Å²) >= 11 is 0. The predicted molar refractivity (Wildman–Crippen MR) is 90.9 cm³/mol. The van der Waals surface area contributed by atoms with Gasteiger partial charge in [0.1, 0.15) is 13.2 Å². The summed E-state index contributed by atoms with van der Waals surface area (Å²) < 4.78 is 16.8. The van der Waals surface area contributed by atoms with E-state index in [2.05, 4.69) is 10.3 Å². The molecule has 1 aromatic carbocycles. The van der Waals surface area contributed by atoms with Gasteiger partial charge in [0.15, 0.2) is 11.5 Å². The van der Waals surface area contributed by atoms with Crippen LogP contribution >= 0.6 is 0 Å². The van der Waals surface area contributed by atoms with Crippen molar-refractivity contribution in [3.63, 3.8) is 0 Å². The fourth-order valence-corrected chi connectivity index (χ4v) is 3.28. The quantitative estimate of drug-likeness (QED) is 0.920. The normalized spacial score (nSPS) is 21.8. The number of nitrogens with zero attached hydrogens (tertiary/aromatic N) is 1. The molecule has 6 heteroatoms. The third-order valence-corrected chi connectivity index (χ3v) is 4.57. The lowest BCUT2D eigenvalue weighted by atomic mass is 9.95. The molecule has 0 bridgehead atoms. The fourth-order valence-electron chi connectivity index (χ4n) is 3.28. The van der Waals surface area contributed by atoms with Gasteiger partial charge in [-0.25, -0.2) is 0 Å². The second-order valence-electron chi connectivity index (χ2n) is 6.27. The van der Waals surface area contributed by atoms with Crippen LogP contribution < -0.4 is 14.8 Å². The average molecular weight is 340 g/mol. The van der Waals surface area contributed by atoms with Crippen molar-refractivity contribution in [2.45, 2.75) is 12.5 Å². The number of rotatable bonds is 4. The van der Waals surface area contributed by atoms with Gasteiger partial charge < -0.3 is 19.5 Å². The zero-order valence-corrected chi connectivity index (χ0v) is 13.8. The minimum atomic E-state index is -0.155. The number of fused-ring (bicyclic) bond motifs is 1. The van der Waals surface area contributed by atoms with Crippen LogP contribution in [0.25, 0.3) is 0 Å². The summed E-state index contributed by atoms with van der Waals surface area (Å²) in [5.74, 6) is 1.23. The SMILES string of the molecule is O=C(N[C@H]1COC[C@H]1Cc1ccncc1)c1cccc2c1OCCO2. The van der Waals surface area contributed by atoms with E-state index in [4.69, 9.17) is 14.2 Å². The monoisotopic (exact) mass is 340 g/mol. The molecule has 1 aromatic heterocycles. The van der Waals surface area contributed by atoms with Crippen molar-refractivity contribution in [1.82, 2.24) is 10.3 Å². The van der Waals surface area contributed by atoms with Crippen molar-refractivity contribution in [1.29, 1.82) is 0 Å². The Morgan fingerprint density at radius 2 is 1.96 bits per heavy atom. The topological polar surface area (TPSA) is 69.7 Å². The van der Waals surface area contributed by atoms with Gasteiger partial charge in [0.2, 0.25) is 0 Å². The van der Waals surface area contributed by atoms with Gasteiger partial charge in [0.05, 0.1) is 24.8 Å². The summed E-state index contributed by atoms with van der Waals surface area (Å²) in [5, 5.41) is 3.10. The van der Waals surface area contributed by atoms with Gasteiger partial charge in [-0.1, -0.05) is 6.07 Å². The lowest BCUT2D eigenvalue weighted by Crippen LogP contribution is -2.41. The fraction of sp³-hybridized carbons (Fsp3) is 0.368. The van der Waals surface area contributed by atoms with E-state index in [1.165, 1.54) is 5.56 Å². The van der Waals surface area contributed by atoms with Crippen LogP contribution in [0.5, 0.6) is 11.5 Å². The molecule has 130 valence electrons. The number of hydrogen-bond donors (Lipinski definition) is 1. The van der Waals surface area contributed by atoms with E-state index >= 15 is 0 Å². The highest BCUT2D eigenvalue weighted by molar-refractivity contribution is 5.98. The summed E-state index contributed by atoms with van der Waals surface area (Å²) in [6.45, 7) is 2.12. The Kier molecular flexibility index (Phi) is 4.52. The molecule has 2 aromatic rings. The number of ether oxygens (including phenoxy) is 3. The van der Waals surface area contributed by atoms with E-state index in [9.17, 15) is 4.79 Å². The van der Waals surface area contributed by atoms with Crippen LogP contribution in [0.1, 0.15) is 15.9 Å². The Morgan fingerprint density at radius 1 is 1.12 bits per heavy atom. The predicted octanol–water partition coefficient (Wildman–Crippen LogP) is 1.84. The molecule has 0 spiro atoms. The van der Waals surface area contributed by atoms with Crippen LogP contribution in [0.4, 0.5) is 0 Å². The van der Waals surface area contributed by atoms with Crippen LogP contribution in [0, 0.1) is 5.92 Å². The third-order valence-electron chi connectivity index (χ3n) is 4.57. The molecule has 6 nitrogen and oxygen atoms in total. The van der Waals surface area contributed by atoms with E-state index in [-0.39, 0.29) is 17.9 Å². The highest BCUT2D eigenvalue weighted by Gasteiger charge is 2.31. The van der Waals surface area contributed by atoms with E-state index in [0.717, 1.165) is 6.42 Å². The Balaban J connectivity index is 1.47. The molecule has 0 saturated carbocycles. The molecule has 0 aliphatic carbocycles. The third kappa shape index (κ3) is 3.44. The zero-order valence-electron chi connectivity index (χ0n) is 13.8. The molecule has 1 saturated heterocycles. The largest absolute Gasteiger partial charge is 0.486 e. The molecular weight excluding hydrogens is 320 g/mol. The number of amides is 1. The van der Waals surface area contributed by atoms with Gasteiger partial charge in [-0.2, -0.15) is 0 Å². The second kappa shape index (κ2) is 7.11. The summed E-state index contributed by atoms with van der Waals surface area (Å²) in [6.07, 6.45) is 4.42. The maximum absolute atomic E-state index is 12.8. The first-order chi connectivity index (χ1) is 12.3. The van der Waals surface area contributed by atoms with E-state index in [0.29, 0.717) is 43.5 Å². The van der Waals surface area contributed by atoms with Crippen molar-refractivity contribution in [3.8, 4) is 11.5 Å². The highest BCUT2D eigenvalue weighted by Crippen LogP contribution is 2.33. The average Bonchev–Trinajstić information content (AvgIpc) is 3.08. The first-order valence-electron chi connectivity index (χ1n) is 8.47. The van der Waals surface area contributed by atoms with Gasteiger partial charge in [-0.15, -0.1) is 0 Å². The molecule has 2 atom stereocenters. The number of para-hydroxylation sites is 1. The molecule has 0 radical (unpaired) electrons. The molecule has 1 amide bonds. The number of carbonyl (C=O) groups excluding carboxylic acids is 1. The molecule has 3 heterocycles. The lowest BCUT2D eigenvalue weighted by Gasteiger charge is -2.23. The highest BCUT2D eigenvalue weighted by atomic mass is 16.6. The Labute approximate surface area is 146 Å². The van der Waals surface area contributed by atoms with Crippen LogP contribution in [0.2, 0.25) is 0 Å². The number of aromatic nitrogens is 1. The van der Waals surface area contributed by atoms with Crippen molar-refractivity contribution in [2.24, 2.45) is 5.92 Å². The first-order valence-corrected chi connectivity index (χ1v) is 8.47. The first kappa shape index (κ1) is 15.9. The van der Waals surface area contributed by atoms with Crippen molar-refractivity contribution in [2.75, 3.05) is 26.4 Å². The molecule has 2 aliphatic rings. The van der Waals surface area contributed by atoms with Crippen molar-refractivity contribution < 1.29 is 19.0 Å². The summed E-state index contributed by atoms with van der Waals surface area (Å²) in [6, 6.07) is 9.35. The lowest BCUT2D eigenvalue weighted by molar-refractivity contribution is 0.0914. The zero-order chi connectivity index (χ0) is 17.1. The summed E-state index contributed by atoms with van der Waals surface area (Å²) in [7, 11) is 0. The Bertz CT molecular complexity index is 750. The van der Waals surface area contributed by atoms with Crippen LogP contribution in [0.15, 0.2) is 42.7 Å². The van der Waals surface area contributed by atoms with Gasteiger partial charge in [-0.3, -0.25) is 9.78 Å². The van der Waals surface area contributed by atoms with Gasteiger partial charge >= 0.3 is 0 Å². The number of pyridine rings is 1. The smallest absolute Gasteiger partial charge is 0.255 e. The van der Waals surface area contributed by atoms with Crippen molar-refractivity contribution in [3.05, 3.63) is 53.9 Å². The minimum absolute atomic E-state index is 0.0268. The van der Waals surface area contributed by atoms with Crippen LogP contribution in [0.3, 0.4) is 0 Å². The molecule has 1 fully saturated rings. The van der Waals surface area contributed by atoms with Crippen molar-refractivity contribution >= 4 is 5.91 Å². The number of nitrogens with one attached hydrogen (secondary N) is 1. The Morgan fingerprint density at radius 3 is 2.84 bits per heavy atom. The standard InChI is InChI=1S/C19H20N2O4/c22-19(15-2-1-3-17-18(15)25-9-8-24-17)21-16-12-23-11-14(16)10-13-4-6-20-7-5-13/h1-7,14,16H,8-12H2,(H,21,22)/t14-,16+/m1/s1. The second-order valence-corrected chi connectivity index (χ2v) is 6.27. The minimum Gasteiger partial charge on any atom is -0.486 e. The molecule has 1 N–H and O–H groups in total. The maximum atomic E-state index is 12.8. The van der Waals surface area contributed by atoms with E-state index in [1.54, 1.807) is 18.5 Å². The molecule has 0 unspecified atom stereocenters. The van der Waals surface area contributed by atoms with Crippen LogP contribution in [-0.4, -0.2) is 43.4 Å². The summed E-state index contributed by atoms with van der Waals surface area (Å²) in [4.78, 5) is 16.8. The molecule has 4 rings (SSSR count). The molecule has 2 aliphatic heterocycles. The van der Waals surface area contributed by atoms with Gasteiger partial charge in [0, 0.05) is 18.3 Å².